The number of rotatable bonds is 4. The number of nitrogens with zero attached hydrogens (tertiary/aromatic N) is 1. The number of pyridine rings is 1. The van der Waals surface area contributed by atoms with E-state index in [2.05, 4.69) is 0 Å². The van der Waals surface area contributed by atoms with E-state index in [-0.39, 0.29) is 11.3 Å². The lowest BCUT2D eigenvalue weighted by molar-refractivity contribution is -0.139. The van der Waals surface area contributed by atoms with Gasteiger partial charge < -0.3 is 4.57 Å². The summed E-state index contributed by atoms with van der Waals surface area (Å²) in [5, 5.41) is 0.665. The number of fused-ring (bicyclic) bond motifs is 2. The van der Waals surface area contributed by atoms with Crippen molar-refractivity contribution in [2.24, 2.45) is 0 Å². The van der Waals surface area contributed by atoms with E-state index in [1.165, 1.54) is 4.57 Å². The summed E-state index contributed by atoms with van der Waals surface area (Å²) in [5.41, 5.74) is 2.28. The highest BCUT2D eigenvalue weighted by Crippen LogP contribution is 2.28. The molecule has 3 aromatic rings. The lowest BCUT2D eigenvalue weighted by Crippen LogP contribution is -2.21. The van der Waals surface area contributed by atoms with E-state index in [1.807, 2.05) is 26.2 Å². The SMILES string of the molecule is CSCc1ccc2c(=O)c3cc(C(C)C)ccc3n(CC(F)(F)F)c2c1. The molecule has 0 atom stereocenters. The summed E-state index contributed by atoms with van der Waals surface area (Å²) < 4.78 is 41.0. The van der Waals surface area contributed by atoms with Crippen molar-refractivity contribution in [3.8, 4) is 0 Å². The molecule has 0 saturated heterocycles. The molecule has 0 fully saturated rings. The van der Waals surface area contributed by atoms with E-state index in [4.69, 9.17) is 0 Å². The molecule has 0 bridgehead atoms. The van der Waals surface area contributed by atoms with E-state index >= 15 is 0 Å². The summed E-state index contributed by atoms with van der Waals surface area (Å²) in [6.45, 7) is 2.86. The smallest absolute Gasteiger partial charge is 0.331 e. The number of aromatic nitrogens is 1. The van der Waals surface area contributed by atoms with Crippen molar-refractivity contribution in [3.63, 3.8) is 0 Å². The van der Waals surface area contributed by atoms with Crippen LogP contribution in [0.2, 0.25) is 0 Å². The van der Waals surface area contributed by atoms with Crippen LogP contribution in [-0.4, -0.2) is 17.0 Å². The van der Waals surface area contributed by atoms with E-state index in [1.54, 1.807) is 42.1 Å². The van der Waals surface area contributed by atoms with Gasteiger partial charge in [0.1, 0.15) is 6.54 Å². The van der Waals surface area contributed by atoms with Crippen molar-refractivity contribution in [3.05, 3.63) is 57.7 Å². The van der Waals surface area contributed by atoms with Gasteiger partial charge in [-0.05, 0) is 47.6 Å². The number of hydrogen-bond acceptors (Lipinski definition) is 2. The van der Waals surface area contributed by atoms with Crippen molar-refractivity contribution in [1.82, 2.24) is 4.57 Å². The maximum Gasteiger partial charge on any atom is 0.406 e. The Labute approximate surface area is 154 Å². The van der Waals surface area contributed by atoms with Gasteiger partial charge in [-0.1, -0.05) is 26.0 Å². The second-order valence-electron chi connectivity index (χ2n) is 6.75. The molecule has 0 spiro atoms. The average molecular weight is 379 g/mol. The third-order valence-electron chi connectivity index (χ3n) is 4.47. The van der Waals surface area contributed by atoms with Gasteiger partial charge in [-0.2, -0.15) is 24.9 Å². The number of benzene rings is 2. The predicted molar refractivity (Wildman–Crippen MR) is 103 cm³/mol. The van der Waals surface area contributed by atoms with Gasteiger partial charge in [-0.3, -0.25) is 4.79 Å². The first-order valence-corrected chi connectivity index (χ1v) is 9.75. The van der Waals surface area contributed by atoms with Crippen molar-refractivity contribution in [2.75, 3.05) is 6.26 Å². The van der Waals surface area contributed by atoms with Crippen LogP contribution >= 0.6 is 11.8 Å². The standard InChI is InChI=1S/C20H20F3NOS/c1-12(2)14-5-7-17-16(9-14)19(25)15-6-4-13(10-26-3)8-18(15)24(17)11-20(21,22)23/h4-9,12H,10-11H2,1-3H3. The Morgan fingerprint density at radius 1 is 1.04 bits per heavy atom. The molecule has 0 saturated carbocycles. The van der Waals surface area contributed by atoms with E-state index in [0.29, 0.717) is 27.6 Å². The lowest BCUT2D eigenvalue weighted by Gasteiger charge is -2.18. The average Bonchev–Trinajstić information content (AvgIpc) is 2.57. The van der Waals surface area contributed by atoms with Crippen molar-refractivity contribution >= 4 is 33.6 Å². The van der Waals surface area contributed by atoms with E-state index in [0.717, 1.165) is 11.1 Å². The molecule has 0 aliphatic heterocycles. The maximum atomic E-state index is 13.3. The fourth-order valence-electron chi connectivity index (χ4n) is 3.20. The maximum absolute atomic E-state index is 13.3. The van der Waals surface area contributed by atoms with Gasteiger partial charge in [0.2, 0.25) is 0 Å². The number of halogens is 3. The normalized spacial score (nSPS) is 12.4. The van der Waals surface area contributed by atoms with Gasteiger partial charge in [0.15, 0.2) is 5.43 Å². The molecule has 0 radical (unpaired) electrons. The molecule has 0 aliphatic carbocycles. The summed E-state index contributed by atoms with van der Waals surface area (Å²) in [7, 11) is 0. The summed E-state index contributed by atoms with van der Waals surface area (Å²) in [4.78, 5) is 12.9. The van der Waals surface area contributed by atoms with Gasteiger partial charge >= 0.3 is 6.18 Å². The molecular weight excluding hydrogens is 359 g/mol. The van der Waals surface area contributed by atoms with Gasteiger partial charge in [0, 0.05) is 16.5 Å². The molecule has 0 aliphatic rings. The minimum atomic E-state index is -4.37. The fourth-order valence-corrected chi connectivity index (χ4v) is 3.72. The lowest BCUT2D eigenvalue weighted by atomic mass is 9.99. The fraction of sp³-hybridized carbons (Fsp3) is 0.350. The number of hydrogen-bond donors (Lipinski definition) is 0. The van der Waals surface area contributed by atoms with Crippen LogP contribution in [0.25, 0.3) is 21.8 Å². The Kier molecular flexibility index (Phi) is 5.06. The second kappa shape index (κ2) is 6.99. The molecule has 3 rings (SSSR count). The Hall–Kier alpha value is -1.95. The zero-order valence-corrected chi connectivity index (χ0v) is 15.7. The molecule has 2 nitrogen and oxygen atoms in total. The van der Waals surface area contributed by atoms with Crippen molar-refractivity contribution in [1.29, 1.82) is 0 Å². The largest absolute Gasteiger partial charge is 0.406 e. The molecular formula is C20H20F3NOS. The Balaban J connectivity index is 2.42. The van der Waals surface area contributed by atoms with Crippen LogP contribution < -0.4 is 5.43 Å². The molecule has 6 heteroatoms. The van der Waals surface area contributed by atoms with Crippen LogP contribution in [0.5, 0.6) is 0 Å². The highest BCUT2D eigenvalue weighted by Gasteiger charge is 2.29. The Bertz CT molecular complexity index is 1020. The number of thioether (sulfide) groups is 1. The summed E-state index contributed by atoms with van der Waals surface area (Å²) in [6.07, 6.45) is -2.44. The molecule has 138 valence electrons. The first kappa shape index (κ1) is 18.8. The van der Waals surface area contributed by atoms with E-state index < -0.39 is 12.7 Å². The third-order valence-corrected chi connectivity index (χ3v) is 5.09. The van der Waals surface area contributed by atoms with Crippen LogP contribution in [0.4, 0.5) is 13.2 Å². The molecule has 0 N–H and O–H groups in total. The van der Waals surface area contributed by atoms with Crippen LogP contribution in [0.1, 0.15) is 30.9 Å². The summed E-state index contributed by atoms with van der Waals surface area (Å²) >= 11 is 1.59. The topological polar surface area (TPSA) is 22.0 Å². The first-order valence-electron chi connectivity index (χ1n) is 8.36. The van der Waals surface area contributed by atoms with Crippen LogP contribution in [0.15, 0.2) is 41.2 Å². The molecule has 1 aromatic heterocycles. The van der Waals surface area contributed by atoms with E-state index in [9.17, 15) is 18.0 Å². The van der Waals surface area contributed by atoms with Crippen molar-refractivity contribution in [2.45, 2.75) is 38.2 Å². The van der Waals surface area contributed by atoms with Crippen LogP contribution in [0, 0.1) is 0 Å². The Morgan fingerprint density at radius 3 is 2.38 bits per heavy atom. The molecule has 0 unspecified atom stereocenters. The molecule has 2 aromatic carbocycles. The zero-order valence-electron chi connectivity index (χ0n) is 14.9. The molecule has 1 heterocycles. The third kappa shape index (κ3) is 3.61. The molecule has 0 amide bonds. The van der Waals surface area contributed by atoms with Crippen LogP contribution in [-0.2, 0) is 12.3 Å². The minimum Gasteiger partial charge on any atom is -0.331 e. The van der Waals surface area contributed by atoms with Crippen molar-refractivity contribution < 1.29 is 13.2 Å². The highest BCUT2D eigenvalue weighted by atomic mass is 32.2. The first-order chi connectivity index (χ1) is 12.2. The van der Waals surface area contributed by atoms with Gasteiger partial charge in [0.25, 0.3) is 0 Å². The van der Waals surface area contributed by atoms with Gasteiger partial charge in [-0.15, -0.1) is 0 Å². The monoisotopic (exact) mass is 379 g/mol. The predicted octanol–water partition coefficient (Wildman–Crippen LogP) is 5.70. The summed E-state index contributed by atoms with van der Waals surface area (Å²) in [5.74, 6) is 0.870. The highest BCUT2D eigenvalue weighted by molar-refractivity contribution is 7.97. The zero-order chi connectivity index (χ0) is 19.1. The molecule has 26 heavy (non-hydrogen) atoms. The number of alkyl halides is 3. The summed E-state index contributed by atoms with van der Waals surface area (Å²) in [6, 6.07) is 10.3. The minimum absolute atomic E-state index is 0.189. The second-order valence-corrected chi connectivity index (χ2v) is 7.61. The van der Waals surface area contributed by atoms with Crippen LogP contribution in [0.3, 0.4) is 0 Å². The van der Waals surface area contributed by atoms with Gasteiger partial charge in [0.05, 0.1) is 11.0 Å². The quantitative estimate of drug-likeness (QED) is 0.542. The Morgan fingerprint density at radius 2 is 1.77 bits per heavy atom. The van der Waals surface area contributed by atoms with Gasteiger partial charge in [-0.25, -0.2) is 0 Å².